The lowest BCUT2D eigenvalue weighted by Crippen LogP contribution is -2.42. The quantitative estimate of drug-likeness (QED) is 0.276. The van der Waals surface area contributed by atoms with Gasteiger partial charge in [-0.25, -0.2) is 9.98 Å². The van der Waals surface area contributed by atoms with E-state index in [1.165, 1.54) is 55.6 Å². The predicted octanol–water partition coefficient (Wildman–Crippen LogP) is 4.64. The van der Waals surface area contributed by atoms with Gasteiger partial charge in [-0.1, -0.05) is 6.07 Å². The largest absolute Gasteiger partial charge is 0.357 e. The highest BCUT2D eigenvalue weighted by molar-refractivity contribution is 14.0. The van der Waals surface area contributed by atoms with Gasteiger partial charge < -0.3 is 15.5 Å². The summed E-state index contributed by atoms with van der Waals surface area (Å²) in [7, 11) is 0. The summed E-state index contributed by atoms with van der Waals surface area (Å²) in [5.41, 5.74) is 1.21. The Labute approximate surface area is 213 Å². The van der Waals surface area contributed by atoms with Crippen LogP contribution in [0.25, 0.3) is 0 Å². The molecule has 176 valence electrons. The van der Waals surface area contributed by atoms with Crippen LogP contribution in [-0.4, -0.2) is 55.1 Å². The summed E-state index contributed by atoms with van der Waals surface area (Å²) >= 11 is 1.85. The zero-order valence-corrected chi connectivity index (χ0v) is 22.3. The summed E-state index contributed by atoms with van der Waals surface area (Å²) < 4.78 is 0. The van der Waals surface area contributed by atoms with Gasteiger partial charge in [0.15, 0.2) is 5.96 Å². The third-order valence-electron chi connectivity index (χ3n) is 6.17. The minimum absolute atomic E-state index is 0. The molecular weight excluding hydrogens is 531 g/mol. The van der Waals surface area contributed by atoms with Crippen LogP contribution < -0.4 is 15.5 Å². The average molecular weight is 569 g/mol. The van der Waals surface area contributed by atoms with E-state index in [9.17, 15) is 0 Å². The second kappa shape index (κ2) is 13.3. The van der Waals surface area contributed by atoms with Crippen molar-refractivity contribution >= 4 is 47.1 Å². The number of hydrogen-bond donors (Lipinski definition) is 2. The summed E-state index contributed by atoms with van der Waals surface area (Å²) in [6.45, 7) is 9.12. The number of rotatable bonds is 8. The number of pyridine rings is 1. The van der Waals surface area contributed by atoms with E-state index in [-0.39, 0.29) is 24.0 Å². The van der Waals surface area contributed by atoms with Crippen molar-refractivity contribution in [1.82, 2.24) is 20.5 Å². The molecule has 1 atom stereocenters. The highest BCUT2D eigenvalue weighted by Gasteiger charge is 2.24. The molecule has 0 radical (unpaired) electrons. The fourth-order valence-corrected chi connectivity index (χ4v) is 5.36. The Bertz CT molecular complexity index is 816. The molecule has 0 saturated carbocycles. The van der Waals surface area contributed by atoms with Crippen molar-refractivity contribution in [1.29, 1.82) is 0 Å². The Kier molecular flexibility index (Phi) is 10.5. The lowest BCUT2D eigenvalue weighted by Gasteiger charge is -2.28. The molecule has 4 heterocycles. The van der Waals surface area contributed by atoms with Crippen molar-refractivity contribution in [2.24, 2.45) is 4.99 Å². The average Bonchev–Trinajstić information content (AvgIpc) is 3.54. The Hall–Kier alpha value is -1.39. The second-order valence-corrected chi connectivity index (χ2v) is 9.40. The van der Waals surface area contributed by atoms with Crippen LogP contribution in [0.2, 0.25) is 0 Å². The third-order valence-corrected chi connectivity index (χ3v) is 7.14. The number of hydrogen-bond acceptors (Lipinski definition) is 5. The molecule has 2 aliphatic rings. The number of nitrogens with one attached hydrogen (secondary N) is 2. The Balaban J connectivity index is 0.00000289. The molecule has 8 heteroatoms. The minimum Gasteiger partial charge on any atom is -0.357 e. The van der Waals surface area contributed by atoms with Crippen molar-refractivity contribution < 1.29 is 0 Å². The number of thiophene rings is 1. The molecule has 0 amide bonds. The summed E-state index contributed by atoms with van der Waals surface area (Å²) in [5, 5.41) is 9.21. The standard InChI is InChI=1S/C24H36N6S.HI/c1-2-25-24(28-19-21(22-9-8-16-31-22)29-12-6-7-13-29)27-18-20-10-11-26-23(17-20)30-14-4-3-5-15-30;/h8-11,16-17,21H,2-7,12-15,18-19H2,1H3,(H2,25,27,28);1H. The summed E-state index contributed by atoms with van der Waals surface area (Å²) in [4.78, 5) is 15.9. The fraction of sp³-hybridized carbons (Fsp3) is 0.583. The van der Waals surface area contributed by atoms with Crippen molar-refractivity contribution in [3.63, 3.8) is 0 Å². The first kappa shape index (κ1) is 25.2. The van der Waals surface area contributed by atoms with E-state index >= 15 is 0 Å². The van der Waals surface area contributed by atoms with Gasteiger partial charge in [-0.2, -0.15) is 0 Å². The monoisotopic (exact) mass is 568 g/mol. The lowest BCUT2D eigenvalue weighted by atomic mass is 10.1. The fourth-order valence-electron chi connectivity index (χ4n) is 4.50. The predicted molar refractivity (Wildman–Crippen MR) is 146 cm³/mol. The van der Waals surface area contributed by atoms with Crippen LogP contribution in [0.4, 0.5) is 5.82 Å². The Morgan fingerprint density at radius 3 is 2.59 bits per heavy atom. The van der Waals surface area contributed by atoms with Gasteiger partial charge in [-0.15, -0.1) is 35.3 Å². The molecular formula is C24H37IN6S. The van der Waals surface area contributed by atoms with E-state index in [0.717, 1.165) is 38.0 Å². The van der Waals surface area contributed by atoms with Crippen LogP contribution >= 0.6 is 35.3 Å². The van der Waals surface area contributed by atoms with E-state index in [0.29, 0.717) is 12.6 Å². The van der Waals surface area contributed by atoms with Crippen molar-refractivity contribution in [3.05, 3.63) is 46.3 Å². The SMILES string of the molecule is CCNC(=NCc1ccnc(N2CCCCC2)c1)NCC(c1cccs1)N1CCCC1.I. The van der Waals surface area contributed by atoms with Crippen LogP contribution in [0.15, 0.2) is 40.8 Å². The normalized spacial score (nSPS) is 18.3. The van der Waals surface area contributed by atoms with E-state index in [2.05, 4.69) is 62.0 Å². The van der Waals surface area contributed by atoms with Crippen LogP contribution in [-0.2, 0) is 6.54 Å². The number of nitrogens with zero attached hydrogens (tertiary/aromatic N) is 4. The molecule has 2 N–H and O–H groups in total. The highest BCUT2D eigenvalue weighted by Crippen LogP contribution is 2.27. The number of anilines is 1. The van der Waals surface area contributed by atoms with Gasteiger partial charge in [0.2, 0.25) is 0 Å². The summed E-state index contributed by atoms with van der Waals surface area (Å²) in [6, 6.07) is 9.12. The molecule has 4 rings (SSSR count). The van der Waals surface area contributed by atoms with Gasteiger partial charge in [-0.05, 0) is 81.3 Å². The van der Waals surface area contributed by atoms with Gasteiger partial charge >= 0.3 is 0 Å². The van der Waals surface area contributed by atoms with Gasteiger partial charge in [0.05, 0.1) is 12.6 Å². The van der Waals surface area contributed by atoms with Crippen LogP contribution in [0.5, 0.6) is 0 Å². The molecule has 2 fully saturated rings. The molecule has 0 aliphatic carbocycles. The maximum Gasteiger partial charge on any atom is 0.191 e. The number of piperidine rings is 1. The molecule has 2 aromatic rings. The third kappa shape index (κ3) is 7.05. The zero-order chi connectivity index (χ0) is 21.3. The Morgan fingerprint density at radius 1 is 1.09 bits per heavy atom. The number of aliphatic imine (C=N–C) groups is 1. The van der Waals surface area contributed by atoms with Gasteiger partial charge in [0.1, 0.15) is 5.82 Å². The topological polar surface area (TPSA) is 55.8 Å². The number of halogens is 1. The molecule has 6 nitrogen and oxygen atoms in total. The number of aromatic nitrogens is 1. The summed E-state index contributed by atoms with van der Waals surface area (Å²) in [5.74, 6) is 1.98. The van der Waals surface area contributed by atoms with Crippen molar-refractivity contribution in [2.75, 3.05) is 44.2 Å². The van der Waals surface area contributed by atoms with Crippen molar-refractivity contribution in [2.45, 2.75) is 51.6 Å². The lowest BCUT2D eigenvalue weighted by molar-refractivity contribution is 0.249. The first-order valence-corrected chi connectivity index (χ1v) is 12.7. The van der Waals surface area contributed by atoms with Gasteiger partial charge in [0.25, 0.3) is 0 Å². The second-order valence-electron chi connectivity index (χ2n) is 8.42. The molecule has 0 bridgehead atoms. The first-order chi connectivity index (χ1) is 15.3. The molecule has 2 aliphatic heterocycles. The molecule has 32 heavy (non-hydrogen) atoms. The smallest absolute Gasteiger partial charge is 0.191 e. The number of likely N-dealkylation sites (tertiary alicyclic amines) is 1. The maximum absolute atomic E-state index is 4.88. The minimum atomic E-state index is 0. The van der Waals surface area contributed by atoms with Crippen LogP contribution in [0.3, 0.4) is 0 Å². The molecule has 0 aromatic carbocycles. The highest BCUT2D eigenvalue weighted by atomic mass is 127. The zero-order valence-electron chi connectivity index (χ0n) is 19.1. The van der Waals surface area contributed by atoms with E-state index in [1.54, 1.807) is 0 Å². The molecule has 0 spiro atoms. The van der Waals surface area contributed by atoms with Crippen molar-refractivity contribution in [3.8, 4) is 0 Å². The van der Waals surface area contributed by atoms with Crippen LogP contribution in [0, 0.1) is 0 Å². The van der Waals surface area contributed by atoms with E-state index in [4.69, 9.17) is 4.99 Å². The maximum atomic E-state index is 4.88. The first-order valence-electron chi connectivity index (χ1n) is 11.8. The molecule has 2 saturated heterocycles. The molecule has 1 unspecified atom stereocenters. The van der Waals surface area contributed by atoms with E-state index in [1.807, 2.05) is 17.5 Å². The van der Waals surface area contributed by atoms with Gasteiger partial charge in [0, 0.05) is 37.3 Å². The van der Waals surface area contributed by atoms with E-state index < -0.39 is 0 Å². The molecule has 2 aromatic heterocycles. The Morgan fingerprint density at radius 2 is 1.88 bits per heavy atom. The number of guanidine groups is 1. The summed E-state index contributed by atoms with van der Waals surface area (Å²) in [6.07, 6.45) is 8.40. The van der Waals surface area contributed by atoms with Crippen LogP contribution in [0.1, 0.15) is 55.5 Å². The van der Waals surface area contributed by atoms with Gasteiger partial charge in [-0.3, -0.25) is 4.90 Å².